The van der Waals surface area contributed by atoms with Crippen LogP contribution in [0.3, 0.4) is 0 Å². The predicted octanol–water partition coefficient (Wildman–Crippen LogP) is 4.90. The van der Waals surface area contributed by atoms with Crippen LogP contribution >= 0.6 is 0 Å². The van der Waals surface area contributed by atoms with E-state index in [0.29, 0.717) is 56.0 Å². The first-order chi connectivity index (χ1) is 17.5. The molecule has 6 nitrogen and oxygen atoms in total. The highest BCUT2D eigenvalue weighted by atomic mass is 19.4. The zero-order chi connectivity index (χ0) is 26.6. The number of hydrogen-bond acceptors (Lipinski definition) is 5. The van der Waals surface area contributed by atoms with Gasteiger partial charge in [0.15, 0.2) is 0 Å². The number of aromatic nitrogens is 4. The molecule has 0 amide bonds. The number of carbonyl (C=O) groups excluding carboxylic acids is 1. The number of nitrogens with zero attached hydrogens (tertiary/aromatic N) is 5. The van der Waals surface area contributed by atoms with Gasteiger partial charge in [-0.2, -0.15) is 18.3 Å². The van der Waals surface area contributed by atoms with E-state index in [1.807, 2.05) is 6.07 Å². The lowest BCUT2D eigenvalue weighted by molar-refractivity contribution is -0.134. The summed E-state index contributed by atoms with van der Waals surface area (Å²) in [5.74, 6) is 1.67. The summed E-state index contributed by atoms with van der Waals surface area (Å²) >= 11 is 0. The summed E-state index contributed by atoms with van der Waals surface area (Å²) in [6, 6.07) is 3.61. The number of fused-ring (bicyclic) bond motifs is 1. The molecule has 0 N–H and O–H groups in total. The second kappa shape index (κ2) is 11.6. The van der Waals surface area contributed by atoms with Gasteiger partial charge < -0.3 is 4.90 Å². The van der Waals surface area contributed by atoms with Gasteiger partial charge in [-0.1, -0.05) is 6.07 Å². The fraction of sp³-hybridized carbons (Fsp3) is 0.704. The number of carbonyl (C=O) groups is 1. The van der Waals surface area contributed by atoms with Crippen molar-refractivity contribution in [3.8, 4) is 0 Å². The second-order valence-electron chi connectivity index (χ2n) is 10.8. The van der Waals surface area contributed by atoms with Crippen LogP contribution in [0.15, 0.2) is 12.1 Å². The van der Waals surface area contributed by atoms with E-state index < -0.39 is 18.3 Å². The van der Waals surface area contributed by atoms with Crippen molar-refractivity contribution in [3.63, 3.8) is 0 Å². The number of rotatable bonds is 9. The van der Waals surface area contributed by atoms with E-state index in [-0.39, 0.29) is 24.5 Å². The van der Waals surface area contributed by atoms with Gasteiger partial charge >= 0.3 is 6.18 Å². The Kier molecular flexibility index (Phi) is 8.66. The van der Waals surface area contributed by atoms with Crippen molar-refractivity contribution in [3.05, 3.63) is 40.7 Å². The Hall–Kier alpha value is -2.36. The Labute approximate surface area is 215 Å². The molecule has 4 rings (SSSR count). The number of Topliss-reactive ketones (excluding diaryl/α,β-unsaturated/α-hetero) is 1. The fourth-order valence-electron chi connectivity index (χ4n) is 5.59. The van der Waals surface area contributed by atoms with Crippen molar-refractivity contribution in [1.29, 1.82) is 0 Å². The lowest BCUT2D eigenvalue weighted by atomic mass is 9.76. The van der Waals surface area contributed by atoms with Crippen molar-refractivity contribution < 1.29 is 22.4 Å². The summed E-state index contributed by atoms with van der Waals surface area (Å²) in [5.41, 5.74) is 1.23. The standard InChI is InChI=1S/C27H37F4N5O/c1-19-32-25(35(2)34-19)18-23(37)17-20-5-10-26(28,11-6-20)13-16-36-14-8-21-3-4-22(7-12-27(29,30)31)33-24(21)9-15-36/h3-4,20H,5-18H2,1-2H3. The minimum Gasteiger partial charge on any atom is -0.302 e. The van der Waals surface area contributed by atoms with Crippen LogP contribution in [0.2, 0.25) is 0 Å². The minimum atomic E-state index is -4.18. The fourth-order valence-corrected chi connectivity index (χ4v) is 5.59. The molecule has 0 atom stereocenters. The highest BCUT2D eigenvalue weighted by Crippen LogP contribution is 2.39. The number of pyridine rings is 1. The average Bonchev–Trinajstić information content (AvgIpc) is 3.02. The Morgan fingerprint density at radius 1 is 1.14 bits per heavy atom. The molecular formula is C27H37F4N5O. The molecule has 0 bridgehead atoms. The molecule has 0 spiro atoms. The van der Waals surface area contributed by atoms with Gasteiger partial charge in [0.2, 0.25) is 0 Å². The maximum atomic E-state index is 15.6. The quantitative estimate of drug-likeness (QED) is 0.438. The van der Waals surface area contributed by atoms with Crippen molar-refractivity contribution in [1.82, 2.24) is 24.6 Å². The molecule has 0 aromatic carbocycles. The van der Waals surface area contributed by atoms with Crippen molar-refractivity contribution >= 4 is 5.78 Å². The summed E-state index contributed by atoms with van der Waals surface area (Å²) in [6.07, 6.45) is -0.109. The van der Waals surface area contributed by atoms with Gasteiger partial charge in [0, 0.05) is 57.3 Å². The summed E-state index contributed by atoms with van der Waals surface area (Å²) in [5, 5.41) is 4.18. The van der Waals surface area contributed by atoms with Gasteiger partial charge in [0.25, 0.3) is 0 Å². The number of halogens is 4. The zero-order valence-electron chi connectivity index (χ0n) is 21.8. The third-order valence-electron chi connectivity index (χ3n) is 7.86. The molecule has 1 fully saturated rings. The first-order valence-corrected chi connectivity index (χ1v) is 13.3. The molecule has 204 valence electrons. The van der Waals surface area contributed by atoms with Gasteiger partial charge in [-0.25, -0.2) is 9.37 Å². The monoisotopic (exact) mass is 523 g/mol. The summed E-state index contributed by atoms with van der Waals surface area (Å²) in [7, 11) is 1.79. The first-order valence-electron chi connectivity index (χ1n) is 13.3. The van der Waals surface area contributed by atoms with Crippen LogP contribution in [0, 0.1) is 12.8 Å². The van der Waals surface area contributed by atoms with Gasteiger partial charge in [-0.3, -0.25) is 14.5 Å². The molecule has 37 heavy (non-hydrogen) atoms. The maximum absolute atomic E-state index is 15.6. The van der Waals surface area contributed by atoms with Crippen LogP contribution in [0.4, 0.5) is 17.6 Å². The minimum absolute atomic E-state index is 0.0999. The molecule has 0 saturated heterocycles. The summed E-state index contributed by atoms with van der Waals surface area (Å²) in [6.45, 7) is 3.99. The van der Waals surface area contributed by atoms with Crippen molar-refractivity contribution in [2.75, 3.05) is 19.6 Å². The lowest BCUT2D eigenvalue weighted by Crippen LogP contribution is -2.36. The average molecular weight is 524 g/mol. The second-order valence-corrected chi connectivity index (χ2v) is 10.8. The van der Waals surface area contributed by atoms with Crippen LogP contribution in [0.5, 0.6) is 0 Å². The van der Waals surface area contributed by atoms with E-state index in [2.05, 4.69) is 20.0 Å². The normalized spacial score (nSPS) is 23.0. The molecule has 10 heteroatoms. The Morgan fingerprint density at radius 3 is 2.54 bits per heavy atom. The Balaban J connectivity index is 1.20. The molecule has 3 heterocycles. The molecule has 0 radical (unpaired) electrons. The predicted molar refractivity (Wildman–Crippen MR) is 132 cm³/mol. The topological polar surface area (TPSA) is 63.9 Å². The van der Waals surface area contributed by atoms with Crippen LogP contribution < -0.4 is 0 Å². The lowest BCUT2D eigenvalue weighted by Gasteiger charge is -2.35. The summed E-state index contributed by atoms with van der Waals surface area (Å²) in [4.78, 5) is 23.6. The zero-order valence-corrected chi connectivity index (χ0v) is 21.8. The first kappa shape index (κ1) is 27.7. The SMILES string of the molecule is Cc1nc(CC(=O)CC2CCC(F)(CCN3CCc4ccc(CCC(F)(F)F)nc4CC3)CC2)n(C)n1. The molecule has 2 aromatic rings. The molecule has 1 saturated carbocycles. The third-order valence-corrected chi connectivity index (χ3v) is 7.86. The van der Waals surface area contributed by atoms with E-state index in [0.717, 1.165) is 43.6 Å². The number of ketones is 1. The van der Waals surface area contributed by atoms with E-state index in [1.165, 1.54) is 0 Å². The smallest absolute Gasteiger partial charge is 0.302 e. The molecule has 2 aromatic heterocycles. The van der Waals surface area contributed by atoms with Gasteiger partial charge in [0.05, 0.1) is 6.42 Å². The Morgan fingerprint density at radius 2 is 1.86 bits per heavy atom. The van der Waals surface area contributed by atoms with Crippen LogP contribution in [-0.2, 0) is 37.5 Å². The van der Waals surface area contributed by atoms with E-state index in [1.54, 1.807) is 24.7 Å². The van der Waals surface area contributed by atoms with Crippen molar-refractivity contribution in [2.45, 2.75) is 89.4 Å². The Bertz CT molecular complexity index is 1080. The molecule has 1 aliphatic carbocycles. The van der Waals surface area contributed by atoms with Gasteiger partial charge in [-0.05, 0) is 69.4 Å². The van der Waals surface area contributed by atoms with E-state index in [4.69, 9.17) is 0 Å². The van der Waals surface area contributed by atoms with Crippen LogP contribution in [0.25, 0.3) is 0 Å². The van der Waals surface area contributed by atoms with Crippen LogP contribution in [-0.4, -0.2) is 61.9 Å². The van der Waals surface area contributed by atoms with Gasteiger partial charge in [0.1, 0.15) is 23.1 Å². The summed E-state index contributed by atoms with van der Waals surface area (Å²) < 4.78 is 54.9. The highest BCUT2D eigenvalue weighted by molar-refractivity contribution is 5.80. The van der Waals surface area contributed by atoms with Gasteiger partial charge in [-0.15, -0.1) is 0 Å². The van der Waals surface area contributed by atoms with E-state index in [9.17, 15) is 18.0 Å². The van der Waals surface area contributed by atoms with Crippen molar-refractivity contribution in [2.24, 2.45) is 13.0 Å². The maximum Gasteiger partial charge on any atom is 0.389 e. The molecule has 0 unspecified atom stereocenters. The van der Waals surface area contributed by atoms with E-state index >= 15 is 4.39 Å². The highest BCUT2D eigenvalue weighted by Gasteiger charge is 2.36. The number of hydrogen-bond donors (Lipinski definition) is 0. The molecular weight excluding hydrogens is 486 g/mol. The van der Waals surface area contributed by atoms with Crippen LogP contribution in [0.1, 0.15) is 73.5 Å². The molecule has 2 aliphatic rings. The number of alkyl halides is 4. The number of aryl methyl sites for hydroxylation is 3. The largest absolute Gasteiger partial charge is 0.389 e. The third kappa shape index (κ3) is 8.06. The molecule has 1 aliphatic heterocycles.